The van der Waals surface area contributed by atoms with Gasteiger partial charge in [-0.15, -0.1) is 0 Å². The molecule has 0 aliphatic rings. The third kappa shape index (κ3) is 41.3. The number of unbranched alkanes of at least 4 members (excludes halogenated alkanes) is 33. The first-order valence-electron chi connectivity index (χ1n) is 25.9. The van der Waals surface area contributed by atoms with E-state index in [4.69, 9.17) is 4.74 Å². The van der Waals surface area contributed by atoms with Gasteiger partial charge >= 0.3 is 5.97 Å². The van der Waals surface area contributed by atoms with E-state index in [1.165, 1.54) is 193 Å². The molecule has 0 saturated carbocycles. The normalized spacial score (nSPS) is 13.3. The van der Waals surface area contributed by atoms with Crippen LogP contribution in [0, 0.1) is 0 Å². The van der Waals surface area contributed by atoms with Gasteiger partial charge < -0.3 is 20.3 Å². The molecule has 3 N–H and O–H groups in total. The van der Waals surface area contributed by atoms with Gasteiger partial charge in [0.05, 0.1) is 25.2 Å². The zero-order chi connectivity index (χ0) is 42.4. The molecule has 6 nitrogen and oxygen atoms in total. The molecular formula is C52H101NO5. The number of rotatable bonds is 47. The fraction of sp³-hybridized carbons (Fsp3) is 0.923. The van der Waals surface area contributed by atoms with E-state index >= 15 is 0 Å². The van der Waals surface area contributed by atoms with E-state index in [9.17, 15) is 19.8 Å². The maximum Gasteiger partial charge on any atom is 0.306 e. The summed E-state index contributed by atoms with van der Waals surface area (Å²) in [5, 5.41) is 23.7. The molecule has 0 fully saturated rings. The summed E-state index contributed by atoms with van der Waals surface area (Å²) >= 11 is 0. The van der Waals surface area contributed by atoms with Crippen LogP contribution in [-0.2, 0) is 14.3 Å². The summed E-state index contributed by atoms with van der Waals surface area (Å²) in [4.78, 5) is 26.0. The molecule has 0 aliphatic carbocycles. The van der Waals surface area contributed by atoms with Crippen LogP contribution in [0.5, 0.6) is 0 Å². The maximum atomic E-state index is 13.1. The van der Waals surface area contributed by atoms with E-state index in [2.05, 4.69) is 38.2 Å². The number of ether oxygens (including phenoxy) is 1. The third-order valence-electron chi connectivity index (χ3n) is 12.1. The third-order valence-corrected chi connectivity index (χ3v) is 12.1. The van der Waals surface area contributed by atoms with Gasteiger partial charge in [-0.1, -0.05) is 232 Å². The number of aliphatic hydroxyl groups excluding tert-OH is 2. The van der Waals surface area contributed by atoms with Crippen LogP contribution in [0.25, 0.3) is 0 Å². The lowest BCUT2D eigenvalue weighted by molar-refractivity contribution is -0.151. The standard InChI is InChI=1S/C52H101NO5/c1-4-7-10-13-16-19-21-23-25-27-28-30-32-35-38-41-44-50(55)49(47-54)53-51(56)46-48(43-40-37-34-18-15-12-9-6-3)58-52(57)45-42-39-36-33-31-29-26-24-22-20-17-14-11-8-5-2/h20,22,48-50,54-55H,4-19,21,23-47H2,1-3H3,(H,53,56)/b22-20-. The fourth-order valence-corrected chi connectivity index (χ4v) is 8.13. The van der Waals surface area contributed by atoms with Crippen molar-refractivity contribution in [3.63, 3.8) is 0 Å². The van der Waals surface area contributed by atoms with Crippen molar-refractivity contribution in [3.05, 3.63) is 12.2 Å². The highest BCUT2D eigenvalue weighted by molar-refractivity contribution is 5.77. The fourth-order valence-electron chi connectivity index (χ4n) is 8.13. The van der Waals surface area contributed by atoms with E-state index in [0.29, 0.717) is 19.3 Å². The predicted octanol–water partition coefficient (Wildman–Crippen LogP) is 15.3. The Hall–Kier alpha value is -1.40. The highest BCUT2D eigenvalue weighted by atomic mass is 16.5. The summed E-state index contributed by atoms with van der Waals surface area (Å²) < 4.78 is 5.91. The second-order valence-corrected chi connectivity index (χ2v) is 17.9. The van der Waals surface area contributed by atoms with Crippen molar-refractivity contribution in [3.8, 4) is 0 Å². The van der Waals surface area contributed by atoms with Crippen molar-refractivity contribution in [2.45, 2.75) is 302 Å². The Morgan fingerprint density at radius 1 is 0.483 bits per heavy atom. The van der Waals surface area contributed by atoms with Crippen molar-refractivity contribution in [1.82, 2.24) is 5.32 Å². The van der Waals surface area contributed by atoms with E-state index in [1.54, 1.807) is 0 Å². The second kappa shape index (κ2) is 46.7. The van der Waals surface area contributed by atoms with Crippen molar-refractivity contribution >= 4 is 11.9 Å². The summed E-state index contributed by atoms with van der Waals surface area (Å²) in [5.74, 6) is -0.467. The first kappa shape index (κ1) is 56.6. The number of esters is 1. The lowest BCUT2D eigenvalue weighted by Crippen LogP contribution is -2.46. The number of carbonyl (C=O) groups is 2. The van der Waals surface area contributed by atoms with Crippen LogP contribution in [0.2, 0.25) is 0 Å². The quantitative estimate of drug-likeness (QED) is 0.0323. The van der Waals surface area contributed by atoms with Crippen LogP contribution in [0.4, 0.5) is 0 Å². The average molecular weight is 820 g/mol. The first-order valence-corrected chi connectivity index (χ1v) is 25.9. The Bertz CT molecular complexity index is 878. The highest BCUT2D eigenvalue weighted by Gasteiger charge is 2.24. The predicted molar refractivity (Wildman–Crippen MR) is 250 cm³/mol. The molecule has 0 rings (SSSR count). The monoisotopic (exact) mass is 820 g/mol. The number of hydrogen-bond acceptors (Lipinski definition) is 5. The summed E-state index contributed by atoms with van der Waals surface area (Å²) in [5.41, 5.74) is 0. The minimum absolute atomic E-state index is 0.0819. The van der Waals surface area contributed by atoms with Gasteiger partial charge in [0, 0.05) is 6.42 Å². The number of carbonyl (C=O) groups excluding carboxylic acids is 2. The Morgan fingerprint density at radius 2 is 0.828 bits per heavy atom. The van der Waals surface area contributed by atoms with Crippen molar-refractivity contribution in [1.29, 1.82) is 0 Å². The zero-order valence-electron chi connectivity index (χ0n) is 39.2. The molecule has 344 valence electrons. The van der Waals surface area contributed by atoms with Gasteiger partial charge in [-0.05, 0) is 51.4 Å². The molecule has 0 radical (unpaired) electrons. The highest BCUT2D eigenvalue weighted by Crippen LogP contribution is 2.18. The molecule has 0 aromatic rings. The lowest BCUT2D eigenvalue weighted by Gasteiger charge is -2.24. The molecular weight excluding hydrogens is 719 g/mol. The smallest absolute Gasteiger partial charge is 0.306 e. The van der Waals surface area contributed by atoms with E-state index in [1.807, 2.05) is 0 Å². The Morgan fingerprint density at radius 3 is 1.24 bits per heavy atom. The minimum atomic E-state index is -0.781. The van der Waals surface area contributed by atoms with Crippen molar-refractivity contribution in [2.24, 2.45) is 0 Å². The number of nitrogens with one attached hydrogen (secondary N) is 1. The van der Waals surface area contributed by atoms with E-state index in [0.717, 1.165) is 44.9 Å². The van der Waals surface area contributed by atoms with Gasteiger partial charge in [-0.2, -0.15) is 0 Å². The minimum Gasteiger partial charge on any atom is -0.462 e. The Labute approximate surface area is 361 Å². The molecule has 3 unspecified atom stereocenters. The number of allylic oxidation sites excluding steroid dienone is 2. The molecule has 0 aromatic heterocycles. The molecule has 0 saturated heterocycles. The number of aliphatic hydroxyl groups is 2. The molecule has 0 bridgehead atoms. The van der Waals surface area contributed by atoms with E-state index in [-0.39, 0.29) is 24.9 Å². The summed E-state index contributed by atoms with van der Waals surface area (Å²) in [6.07, 6.45) is 51.4. The summed E-state index contributed by atoms with van der Waals surface area (Å²) in [6.45, 7) is 6.47. The summed E-state index contributed by atoms with van der Waals surface area (Å²) in [7, 11) is 0. The molecule has 0 aliphatic heterocycles. The van der Waals surface area contributed by atoms with Gasteiger partial charge in [0.1, 0.15) is 6.10 Å². The van der Waals surface area contributed by atoms with Crippen LogP contribution < -0.4 is 5.32 Å². The van der Waals surface area contributed by atoms with Gasteiger partial charge in [-0.3, -0.25) is 9.59 Å². The first-order chi connectivity index (χ1) is 28.5. The molecule has 1 amide bonds. The van der Waals surface area contributed by atoms with Gasteiger partial charge in [-0.25, -0.2) is 0 Å². The second-order valence-electron chi connectivity index (χ2n) is 17.9. The van der Waals surface area contributed by atoms with Gasteiger partial charge in [0.25, 0.3) is 0 Å². The van der Waals surface area contributed by atoms with Crippen LogP contribution in [0.3, 0.4) is 0 Å². The van der Waals surface area contributed by atoms with E-state index < -0.39 is 18.2 Å². The Kier molecular flexibility index (Phi) is 45.5. The SMILES string of the molecule is CCCCCC/C=C\CCCCCCCCCC(=O)OC(CCCCCCCCCC)CC(=O)NC(CO)C(O)CCCCCCCCCCCCCCCCCC. The lowest BCUT2D eigenvalue weighted by atomic mass is 10.0. The molecule has 0 aromatic carbocycles. The number of amides is 1. The van der Waals surface area contributed by atoms with Crippen LogP contribution in [0.1, 0.15) is 284 Å². The van der Waals surface area contributed by atoms with Gasteiger partial charge in [0.2, 0.25) is 5.91 Å². The van der Waals surface area contributed by atoms with Crippen LogP contribution >= 0.6 is 0 Å². The van der Waals surface area contributed by atoms with Crippen molar-refractivity contribution in [2.75, 3.05) is 6.61 Å². The maximum absolute atomic E-state index is 13.1. The summed E-state index contributed by atoms with van der Waals surface area (Å²) in [6, 6.07) is -0.694. The molecule has 6 heteroatoms. The largest absolute Gasteiger partial charge is 0.462 e. The number of hydrogen-bond donors (Lipinski definition) is 3. The molecule has 0 spiro atoms. The molecule has 3 atom stereocenters. The van der Waals surface area contributed by atoms with Crippen LogP contribution in [0.15, 0.2) is 12.2 Å². The topological polar surface area (TPSA) is 95.9 Å². The van der Waals surface area contributed by atoms with Gasteiger partial charge in [0.15, 0.2) is 0 Å². The zero-order valence-corrected chi connectivity index (χ0v) is 39.2. The molecule has 58 heavy (non-hydrogen) atoms. The van der Waals surface area contributed by atoms with Crippen LogP contribution in [-0.4, -0.2) is 46.9 Å². The average Bonchev–Trinajstić information content (AvgIpc) is 3.22. The van der Waals surface area contributed by atoms with Crippen molar-refractivity contribution < 1.29 is 24.5 Å². The Balaban J connectivity index is 4.37. The molecule has 0 heterocycles.